The fourth-order valence-electron chi connectivity index (χ4n) is 2.56. The van der Waals surface area contributed by atoms with Crippen LogP contribution in [0.15, 0.2) is 60.2 Å². The molecule has 0 radical (unpaired) electrons. The van der Waals surface area contributed by atoms with Crippen molar-refractivity contribution >= 4 is 6.08 Å². The molecular formula is C22H26O2. The van der Waals surface area contributed by atoms with Crippen molar-refractivity contribution in [2.24, 2.45) is 0 Å². The van der Waals surface area contributed by atoms with E-state index in [1.54, 1.807) is 13.2 Å². The summed E-state index contributed by atoms with van der Waals surface area (Å²) in [5.41, 5.74) is 4.35. The molecule has 0 bridgehead atoms. The average Bonchev–Trinajstić information content (AvgIpc) is 2.58. The van der Waals surface area contributed by atoms with Crippen molar-refractivity contribution in [1.29, 1.82) is 0 Å². The molecule has 126 valence electrons. The second kappa shape index (κ2) is 8.97. The van der Waals surface area contributed by atoms with Gasteiger partial charge in [-0.2, -0.15) is 0 Å². The quantitative estimate of drug-likeness (QED) is 0.677. The second-order valence-corrected chi connectivity index (χ2v) is 6.13. The maximum atomic E-state index is 10.3. The Balaban J connectivity index is 2.06. The molecule has 0 aliphatic rings. The molecule has 0 atom stereocenters. The summed E-state index contributed by atoms with van der Waals surface area (Å²) in [4.78, 5) is 0. The van der Waals surface area contributed by atoms with E-state index < -0.39 is 0 Å². The number of aromatic hydroxyl groups is 1. The smallest absolute Gasteiger partial charge is 0.126 e. The van der Waals surface area contributed by atoms with Crippen LogP contribution in [-0.2, 0) is 12.8 Å². The molecule has 0 aliphatic heterocycles. The van der Waals surface area contributed by atoms with Gasteiger partial charge in [0, 0.05) is 5.56 Å². The molecule has 2 aromatic rings. The van der Waals surface area contributed by atoms with Gasteiger partial charge in [-0.3, -0.25) is 0 Å². The van der Waals surface area contributed by atoms with Crippen molar-refractivity contribution < 1.29 is 9.84 Å². The molecule has 2 aromatic carbocycles. The molecule has 0 heterocycles. The van der Waals surface area contributed by atoms with Crippen LogP contribution in [-0.4, -0.2) is 12.2 Å². The summed E-state index contributed by atoms with van der Waals surface area (Å²) < 4.78 is 5.45. The highest BCUT2D eigenvalue weighted by Gasteiger charge is 2.09. The molecule has 0 saturated heterocycles. The van der Waals surface area contributed by atoms with Crippen LogP contribution in [0, 0.1) is 0 Å². The average molecular weight is 322 g/mol. The number of aryl methyl sites for hydroxylation is 1. The Morgan fingerprint density at radius 2 is 1.88 bits per heavy atom. The first-order valence-corrected chi connectivity index (χ1v) is 8.34. The SMILES string of the molecule is COc1cc(/C=C/CCc2ccccc2)cc(O)c1CC=C(C)C. The Hall–Kier alpha value is -2.48. The summed E-state index contributed by atoms with van der Waals surface area (Å²) in [5, 5.41) is 10.3. The van der Waals surface area contributed by atoms with E-state index in [0.29, 0.717) is 6.42 Å². The van der Waals surface area contributed by atoms with Crippen molar-refractivity contribution in [1.82, 2.24) is 0 Å². The van der Waals surface area contributed by atoms with Crippen LogP contribution < -0.4 is 4.74 Å². The molecule has 0 amide bonds. The lowest BCUT2D eigenvalue weighted by Gasteiger charge is -2.10. The van der Waals surface area contributed by atoms with Crippen LogP contribution in [0.4, 0.5) is 0 Å². The first kappa shape index (κ1) is 17.9. The second-order valence-electron chi connectivity index (χ2n) is 6.13. The maximum absolute atomic E-state index is 10.3. The number of benzene rings is 2. The Labute approximate surface area is 145 Å². The van der Waals surface area contributed by atoms with Gasteiger partial charge in [-0.25, -0.2) is 0 Å². The zero-order valence-electron chi connectivity index (χ0n) is 14.8. The zero-order valence-corrected chi connectivity index (χ0v) is 14.8. The Morgan fingerprint density at radius 3 is 2.54 bits per heavy atom. The van der Waals surface area contributed by atoms with Gasteiger partial charge >= 0.3 is 0 Å². The molecule has 0 fully saturated rings. The standard InChI is InChI=1S/C22H26O2/c1-17(2)13-14-20-21(23)15-19(16-22(20)24-3)12-8-7-11-18-9-5-4-6-10-18/h4-6,8-10,12-13,15-16,23H,7,11,14H2,1-3H3/b12-8+. The summed E-state index contributed by atoms with van der Waals surface area (Å²) in [6.07, 6.45) is 8.92. The van der Waals surface area contributed by atoms with Gasteiger partial charge in [0.05, 0.1) is 7.11 Å². The molecular weight excluding hydrogens is 296 g/mol. The highest BCUT2D eigenvalue weighted by atomic mass is 16.5. The first-order valence-electron chi connectivity index (χ1n) is 8.34. The van der Waals surface area contributed by atoms with Gasteiger partial charge in [-0.1, -0.05) is 54.1 Å². The number of phenolic OH excluding ortho intramolecular Hbond substituents is 1. The minimum absolute atomic E-state index is 0.287. The molecule has 0 aliphatic carbocycles. The van der Waals surface area contributed by atoms with Crippen LogP contribution in [0.2, 0.25) is 0 Å². The van der Waals surface area contributed by atoms with Gasteiger partial charge in [0.15, 0.2) is 0 Å². The van der Waals surface area contributed by atoms with E-state index in [2.05, 4.69) is 36.4 Å². The zero-order chi connectivity index (χ0) is 17.4. The normalized spacial score (nSPS) is 10.8. The molecule has 1 N–H and O–H groups in total. The lowest BCUT2D eigenvalue weighted by Crippen LogP contribution is -1.93. The van der Waals surface area contributed by atoms with Gasteiger partial charge in [-0.15, -0.1) is 0 Å². The van der Waals surface area contributed by atoms with Crippen LogP contribution in [0.1, 0.15) is 37.0 Å². The molecule has 0 unspecified atom stereocenters. The summed E-state index contributed by atoms with van der Waals surface area (Å²) in [6.45, 7) is 4.10. The molecule has 24 heavy (non-hydrogen) atoms. The summed E-state index contributed by atoms with van der Waals surface area (Å²) in [6, 6.07) is 14.2. The Kier molecular flexibility index (Phi) is 6.68. The van der Waals surface area contributed by atoms with Gasteiger partial charge in [0.25, 0.3) is 0 Å². The lowest BCUT2D eigenvalue weighted by molar-refractivity contribution is 0.401. The predicted molar refractivity (Wildman–Crippen MR) is 102 cm³/mol. The van der Waals surface area contributed by atoms with Crippen molar-refractivity contribution in [3.8, 4) is 11.5 Å². The number of hydrogen-bond donors (Lipinski definition) is 1. The summed E-state index contributed by atoms with van der Waals surface area (Å²) in [5.74, 6) is 1.02. The third kappa shape index (κ3) is 5.31. The van der Waals surface area contributed by atoms with E-state index in [-0.39, 0.29) is 5.75 Å². The minimum Gasteiger partial charge on any atom is -0.507 e. The van der Waals surface area contributed by atoms with E-state index in [4.69, 9.17) is 4.74 Å². The fraction of sp³-hybridized carbons (Fsp3) is 0.273. The third-order valence-corrected chi connectivity index (χ3v) is 3.89. The van der Waals surface area contributed by atoms with Crippen molar-refractivity contribution in [2.75, 3.05) is 7.11 Å². The minimum atomic E-state index is 0.287. The number of methoxy groups -OCH3 is 1. The third-order valence-electron chi connectivity index (χ3n) is 3.89. The van der Waals surface area contributed by atoms with Crippen LogP contribution in [0.5, 0.6) is 11.5 Å². The number of rotatable bonds is 7. The number of ether oxygens (including phenoxy) is 1. The monoisotopic (exact) mass is 322 g/mol. The topological polar surface area (TPSA) is 29.5 Å². The molecule has 0 saturated carbocycles. The summed E-state index contributed by atoms with van der Waals surface area (Å²) >= 11 is 0. The Morgan fingerprint density at radius 1 is 1.12 bits per heavy atom. The number of phenols is 1. The van der Waals surface area contributed by atoms with Gasteiger partial charge in [-0.05, 0) is 56.4 Å². The van der Waals surface area contributed by atoms with Gasteiger partial charge in [0.1, 0.15) is 11.5 Å². The van der Waals surface area contributed by atoms with Crippen molar-refractivity contribution in [3.05, 3.63) is 76.9 Å². The number of allylic oxidation sites excluding steroid dienone is 3. The van der Waals surface area contributed by atoms with Crippen molar-refractivity contribution in [3.63, 3.8) is 0 Å². The fourth-order valence-corrected chi connectivity index (χ4v) is 2.56. The van der Waals surface area contributed by atoms with Crippen molar-refractivity contribution in [2.45, 2.75) is 33.1 Å². The van der Waals surface area contributed by atoms with Gasteiger partial charge < -0.3 is 9.84 Å². The first-order chi connectivity index (χ1) is 11.6. The molecule has 2 nitrogen and oxygen atoms in total. The van der Waals surface area contributed by atoms with E-state index in [1.165, 1.54) is 11.1 Å². The van der Waals surface area contributed by atoms with Crippen LogP contribution >= 0.6 is 0 Å². The van der Waals surface area contributed by atoms with E-state index in [1.807, 2.05) is 32.1 Å². The van der Waals surface area contributed by atoms with Crippen LogP contribution in [0.25, 0.3) is 6.08 Å². The predicted octanol–water partition coefficient (Wildman–Crippen LogP) is 5.56. The largest absolute Gasteiger partial charge is 0.507 e. The maximum Gasteiger partial charge on any atom is 0.126 e. The lowest BCUT2D eigenvalue weighted by atomic mass is 10.0. The molecule has 0 aromatic heterocycles. The van der Waals surface area contributed by atoms with E-state index in [9.17, 15) is 5.11 Å². The highest BCUT2D eigenvalue weighted by molar-refractivity contribution is 5.59. The van der Waals surface area contributed by atoms with Gasteiger partial charge in [0.2, 0.25) is 0 Å². The summed E-state index contributed by atoms with van der Waals surface area (Å²) in [7, 11) is 1.64. The molecule has 2 rings (SSSR count). The highest BCUT2D eigenvalue weighted by Crippen LogP contribution is 2.31. The van der Waals surface area contributed by atoms with Crippen LogP contribution in [0.3, 0.4) is 0 Å². The Bertz CT molecular complexity index is 708. The van der Waals surface area contributed by atoms with E-state index >= 15 is 0 Å². The molecule has 2 heteroatoms. The molecule has 0 spiro atoms. The number of hydrogen-bond acceptors (Lipinski definition) is 2. The van der Waals surface area contributed by atoms with E-state index in [0.717, 1.165) is 29.7 Å².